The molecular weight excluding hydrogens is 555 g/mol. The van der Waals surface area contributed by atoms with E-state index >= 15 is 0 Å². The van der Waals surface area contributed by atoms with Crippen LogP contribution in [-0.4, -0.2) is 36.9 Å². The van der Waals surface area contributed by atoms with E-state index < -0.39 is 28.7 Å². The molecule has 0 unspecified atom stereocenters. The summed E-state index contributed by atoms with van der Waals surface area (Å²) >= 11 is 6.42. The van der Waals surface area contributed by atoms with Gasteiger partial charge in [0.2, 0.25) is 0 Å². The van der Waals surface area contributed by atoms with E-state index in [1.807, 2.05) is 0 Å². The van der Waals surface area contributed by atoms with Crippen LogP contribution in [0.25, 0.3) is 22.2 Å². The molecule has 40 heavy (non-hydrogen) atoms. The van der Waals surface area contributed by atoms with Crippen LogP contribution in [-0.2, 0) is 22.9 Å². The molecule has 2 heterocycles. The molecular formula is C29H26ClFN4O4S. The summed E-state index contributed by atoms with van der Waals surface area (Å²) < 4.78 is 80.7. The number of aromatic nitrogens is 2. The van der Waals surface area contributed by atoms with E-state index in [9.17, 15) is 12.8 Å². The van der Waals surface area contributed by atoms with Crippen molar-refractivity contribution >= 4 is 43.8 Å². The fourth-order valence-electron chi connectivity index (χ4n) is 3.72. The van der Waals surface area contributed by atoms with Gasteiger partial charge in [0, 0.05) is 29.4 Å². The molecule has 0 aliphatic carbocycles. The quantitative estimate of drug-likeness (QED) is 0.191. The van der Waals surface area contributed by atoms with Crippen LogP contribution in [0.4, 0.5) is 15.9 Å². The van der Waals surface area contributed by atoms with Gasteiger partial charge in [-0.15, -0.1) is 0 Å². The number of hydrogen-bond acceptors (Lipinski definition) is 8. The Morgan fingerprint density at radius 3 is 2.75 bits per heavy atom. The minimum atomic E-state index is -3.26. The van der Waals surface area contributed by atoms with Crippen molar-refractivity contribution in [3.8, 4) is 17.1 Å². The third-order valence-electron chi connectivity index (χ3n) is 5.63. The van der Waals surface area contributed by atoms with Crippen molar-refractivity contribution in [3.05, 3.63) is 101 Å². The summed E-state index contributed by atoms with van der Waals surface area (Å²) in [6.07, 6.45) is 2.47. The summed E-state index contributed by atoms with van der Waals surface area (Å²) in [5.41, 5.74) is 1.76. The number of sulfone groups is 1. The van der Waals surface area contributed by atoms with E-state index in [-0.39, 0.29) is 34.4 Å². The molecule has 0 aliphatic rings. The van der Waals surface area contributed by atoms with Gasteiger partial charge in [-0.25, -0.2) is 22.8 Å². The first kappa shape index (κ1) is 22.8. The number of nitrogens with one attached hydrogen (secondary N) is 2. The van der Waals surface area contributed by atoms with Crippen LogP contribution in [0.2, 0.25) is 5.02 Å². The lowest BCUT2D eigenvalue weighted by molar-refractivity contribution is 0.306. The fourth-order valence-corrected chi connectivity index (χ4v) is 4.41. The molecule has 0 saturated heterocycles. The Kier molecular flexibility index (Phi) is 6.86. The maximum Gasteiger partial charge on any atom is 0.148 e. The van der Waals surface area contributed by atoms with Crippen LogP contribution >= 0.6 is 11.6 Å². The summed E-state index contributed by atoms with van der Waals surface area (Å²) in [4.78, 5) is 8.66. The minimum absolute atomic E-state index is 0.00190. The monoisotopic (exact) mass is 584 g/mol. The Morgan fingerprint density at radius 2 is 1.95 bits per heavy atom. The SMILES string of the molecule is [2H]C([2H])(NCCS(C)(=O)=O)c1ccc(-c2ccc3ncnc(Nc4ccc(OC([2H])([2H])c5cccc(F)c5)c(Cl)c4)c3c2)o1. The lowest BCUT2D eigenvalue weighted by Gasteiger charge is -2.12. The molecule has 0 fully saturated rings. The Balaban J connectivity index is 1.36. The maximum absolute atomic E-state index is 13.6. The van der Waals surface area contributed by atoms with E-state index in [4.69, 9.17) is 26.2 Å². The van der Waals surface area contributed by atoms with Crippen LogP contribution in [0.15, 0.2) is 83.5 Å². The average molecular weight is 585 g/mol. The summed E-state index contributed by atoms with van der Waals surface area (Å²) in [6, 6.07) is 18.1. The van der Waals surface area contributed by atoms with Gasteiger partial charge >= 0.3 is 0 Å². The van der Waals surface area contributed by atoms with Crippen LogP contribution in [0.1, 0.15) is 16.8 Å². The molecule has 2 N–H and O–H groups in total. The van der Waals surface area contributed by atoms with Gasteiger partial charge in [0.1, 0.15) is 51.6 Å². The van der Waals surface area contributed by atoms with E-state index in [1.54, 1.807) is 30.3 Å². The number of ether oxygens (including phenoxy) is 1. The fraction of sp³-hybridized carbons (Fsp3) is 0.172. The van der Waals surface area contributed by atoms with Crippen molar-refractivity contribution < 1.29 is 27.4 Å². The molecule has 206 valence electrons. The Hall–Kier alpha value is -3.99. The molecule has 3 aromatic carbocycles. The molecule has 0 amide bonds. The summed E-state index contributed by atoms with van der Waals surface area (Å²) in [5.74, 6) is 0.0473. The van der Waals surface area contributed by atoms with Gasteiger partial charge in [-0.05, 0) is 66.2 Å². The lowest BCUT2D eigenvalue weighted by atomic mass is 10.1. The van der Waals surface area contributed by atoms with Gasteiger partial charge in [-0.2, -0.15) is 0 Å². The highest BCUT2D eigenvalue weighted by molar-refractivity contribution is 7.90. The Labute approximate surface area is 241 Å². The molecule has 0 saturated carbocycles. The van der Waals surface area contributed by atoms with Crippen molar-refractivity contribution in [1.82, 2.24) is 15.3 Å². The third kappa shape index (κ3) is 7.15. The summed E-state index contributed by atoms with van der Waals surface area (Å²) in [5, 5.41) is 6.47. The molecule has 11 heteroatoms. The molecule has 0 radical (unpaired) electrons. The third-order valence-corrected chi connectivity index (χ3v) is 6.87. The highest BCUT2D eigenvalue weighted by Gasteiger charge is 2.11. The van der Waals surface area contributed by atoms with Gasteiger partial charge in [0.05, 0.1) is 28.3 Å². The molecule has 0 aliphatic heterocycles. The van der Waals surface area contributed by atoms with Crippen molar-refractivity contribution in [2.45, 2.75) is 13.1 Å². The second-order valence-corrected chi connectivity index (χ2v) is 11.5. The van der Waals surface area contributed by atoms with Crippen LogP contribution in [0.5, 0.6) is 5.75 Å². The zero-order valence-corrected chi connectivity index (χ0v) is 22.7. The lowest BCUT2D eigenvalue weighted by Crippen LogP contribution is -2.21. The first-order valence-corrected chi connectivity index (χ1v) is 14.4. The second kappa shape index (κ2) is 12.0. The molecule has 0 spiro atoms. The highest BCUT2D eigenvalue weighted by Crippen LogP contribution is 2.32. The smallest absolute Gasteiger partial charge is 0.148 e. The van der Waals surface area contributed by atoms with Crippen LogP contribution in [0, 0.1) is 5.82 Å². The maximum atomic E-state index is 13.6. The number of rotatable bonds is 11. The van der Waals surface area contributed by atoms with Gasteiger partial charge < -0.3 is 19.8 Å². The normalized spacial score (nSPS) is 13.8. The number of fused-ring (bicyclic) bond motifs is 1. The molecule has 2 aromatic heterocycles. The van der Waals surface area contributed by atoms with Gasteiger partial charge in [0.25, 0.3) is 0 Å². The summed E-state index contributed by atoms with van der Waals surface area (Å²) in [6.45, 7) is -4.51. The predicted octanol–water partition coefficient (Wildman–Crippen LogP) is 6.14. The number of hydrogen-bond donors (Lipinski definition) is 2. The Bertz CT molecular complexity index is 1940. The van der Waals surface area contributed by atoms with E-state index in [2.05, 4.69) is 20.6 Å². The Morgan fingerprint density at radius 1 is 1.07 bits per heavy atom. The predicted molar refractivity (Wildman–Crippen MR) is 154 cm³/mol. The number of halogens is 2. The molecule has 5 rings (SSSR count). The van der Waals surface area contributed by atoms with Gasteiger partial charge in [-0.3, -0.25) is 0 Å². The highest BCUT2D eigenvalue weighted by atomic mass is 35.5. The average Bonchev–Trinajstić information content (AvgIpc) is 3.45. The van der Waals surface area contributed by atoms with Crippen molar-refractivity contribution in [2.75, 3.05) is 23.9 Å². The van der Waals surface area contributed by atoms with Gasteiger partial charge in [-0.1, -0.05) is 23.7 Å². The molecule has 8 nitrogen and oxygen atoms in total. The standard InChI is InChI=1S/C29H26ClFN4O4S/c1-40(36,37)12-11-32-16-23-7-10-27(39-23)20-5-8-26-24(14-20)29(34-18-33-26)35-22-6-9-28(25(30)15-22)38-17-19-3-2-4-21(31)13-19/h2-10,13-15,18,32H,11-12,16-17H2,1H3,(H,33,34,35)/i16D2,17D2. The first-order valence-electron chi connectivity index (χ1n) is 14.0. The van der Waals surface area contributed by atoms with E-state index in [0.29, 0.717) is 33.7 Å². The molecule has 0 atom stereocenters. The largest absolute Gasteiger partial charge is 0.487 e. The number of benzene rings is 3. The van der Waals surface area contributed by atoms with Crippen LogP contribution in [0.3, 0.4) is 0 Å². The number of anilines is 2. The van der Waals surface area contributed by atoms with Crippen molar-refractivity contribution in [3.63, 3.8) is 0 Å². The minimum Gasteiger partial charge on any atom is -0.487 e. The zero-order valence-electron chi connectivity index (χ0n) is 25.1. The molecule has 5 aromatic rings. The zero-order chi connectivity index (χ0) is 31.7. The van der Waals surface area contributed by atoms with E-state index in [1.165, 1.54) is 42.7 Å². The van der Waals surface area contributed by atoms with Crippen LogP contribution < -0.4 is 15.4 Å². The number of nitrogens with zero attached hydrogens (tertiary/aromatic N) is 2. The van der Waals surface area contributed by atoms with E-state index in [0.717, 1.165) is 12.3 Å². The molecule has 0 bridgehead atoms. The van der Waals surface area contributed by atoms with Crippen molar-refractivity contribution in [2.24, 2.45) is 0 Å². The van der Waals surface area contributed by atoms with Crippen molar-refractivity contribution in [1.29, 1.82) is 0 Å². The second-order valence-electron chi connectivity index (χ2n) is 8.78. The topological polar surface area (TPSA) is 106 Å². The summed E-state index contributed by atoms with van der Waals surface area (Å²) in [7, 11) is -3.26. The number of furan rings is 1. The van der Waals surface area contributed by atoms with Gasteiger partial charge in [0.15, 0.2) is 0 Å². The first-order chi connectivity index (χ1) is 20.7.